The number of hydrogen-bond acceptors (Lipinski definition) is 7. The SMILES string of the molecule is COC(=O)c1cc(NC(=O)COC(=O)c2ccc(F)c(F)c2)cc(C(=O)OC)c1. The van der Waals surface area contributed by atoms with Crippen LogP contribution in [0.1, 0.15) is 31.1 Å². The Bertz CT molecular complexity index is 941. The Morgan fingerprint density at radius 2 is 1.38 bits per heavy atom. The van der Waals surface area contributed by atoms with Crippen LogP contribution in [-0.4, -0.2) is 44.6 Å². The van der Waals surface area contributed by atoms with E-state index in [1.54, 1.807) is 0 Å². The lowest BCUT2D eigenvalue weighted by atomic mass is 10.1. The number of rotatable bonds is 6. The van der Waals surface area contributed by atoms with Crippen molar-refractivity contribution in [2.75, 3.05) is 26.1 Å². The molecule has 0 fully saturated rings. The van der Waals surface area contributed by atoms with Crippen LogP contribution in [-0.2, 0) is 19.0 Å². The largest absolute Gasteiger partial charge is 0.465 e. The molecule has 0 aliphatic rings. The molecule has 0 aliphatic carbocycles. The van der Waals surface area contributed by atoms with Gasteiger partial charge in [0.2, 0.25) is 0 Å². The first-order chi connectivity index (χ1) is 13.7. The van der Waals surface area contributed by atoms with E-state index in [9.17, 15) is 28.0 Å². The quantitative estimate of drug-likeness (QED) is 0.578. The number of amides is 1. The molecule has 0 bridgehead atoms. The highest BCUT2D eigenvalue weighted by Gasteiger charge is 2.16. The summed E-state index contributed by atoms with van der Waals surface area (Å²) in [7, 11) is 2.28. The van der Waals surface area contributed by atoms with E-state index in [4.69, 9.17) is 4.74 Å². The summed E-state index contributed by atoms with van der Waals surface area (Å²) in [5, 5.41) is 2.34. The van der Waals surface area contributed by atoms with Gasteiger partial charge in [-0.05, 0) is 36.4 Å². The van der Waals surface area contributed by atoms with Crippen molar-refractivity contribution in [3.8, 4) is 0 Å². The van der Waals surface area contributed by atoms with Crippen molar-refractivity contribution in [1.82, 2.24) is 0 Å². The first-order valence-electron chi connectivity index (χ1n) is 7.99. The molecule has 0 spiro atoms. The lowest BCUT2D eigenvalue weighted by molar-refractivity contribution is -0.119. The summed E-state index contributed by atoms with van der Waals surface area (Å²) in [6.45, 7) is -0.756. The molecule has 2 aromatic carbocycles. The van der Waals surface area contributed by atoms with Gasteiger partial charge in [0, 0.05) is 5.69 Å². The van der Waals surface area contributed by atoms with E-state index in [0.717, 1.165) is 26.4 Å². The Kier molecular flexibility index (Phi) is 6.96. The zero-order valence-electron chi connectivity index (χ0n) is 15.3. The van der Waals surface area contributed by atoms with Gasteiger partial charge in [0.25, 0.3) is 5.91 Å². The first kappa shape index (κ1) is 21.5. The number of esters is 3. The van der Waals surface area contributed by atoms with E-state index in [2.05, 4.69) is 14.8 Å². The van der Waals surface area contributed by atoms with Crippen LogP contribution in [0.4, 0.5) is 14.5 Å². The molecule has 0 atom stereocenters. The monoisotopic (exact) mass is 407 g/mol. The fourth-order valence-electron chi connectivity index (χ4n) is 2.21. The minimum atomic E-state index is -1.24. The molecule has 2 rings (SSSR count). The highest BCUT2D eigenvalue weighted by atomic mass is 19.2. The fraction of sp³-hybridized carbons (Fsp3) is 0.158. The second-order valence-corrected chi connectivity index (χ2v) is 5.54. The van der Waals surface area contributed by atoms with Gasteiger partial charge in [-0.2, -0.15) is 0 Å². The lowest BCUT2D eigenvalue weighted by Gasteiger charge is -2.10. The van der Waals surface area contributed by atoms with Crippen LogP contribution in [0.15, 0.2) is 36.4 Å². The first-order valence-corrected chi connectivity index (χ1v) is 7.99. The van der Waals surface area contributed by atoms with Crippen molar-refractivity contribution >= 4 is 29.5 Å². The molecule has 0 unspecified atom stereocenters. The Morgan fingerprint density at radius 3 is 1.90 bits per heavy atom. The zero-order valence-corrected chi connectivity index (χ0v) is 15.3. The van der Waals surface area contributed by atoms with Gasteiger partial charge in [-0.25, -0.2) is 23.2 Å². The molecule has 0 aliphatic heterocycles. The molecule has 1 amide bonds. The van der Waals surface area contributed by atoms with Gasteiger partial charge in [-0.1, -0.05) is 0 Å². The van der Waals surface area contributed by atoms with Gasteiger partial charge in [-0.3, -0.25) is 4.79 Å². The van der Waals surface area contributed by atoms with Crippen molar-refractivity contribution < 1.29 is 42.2 Å². The molecule has 0 saturated carbocycles. The number of ether oxygens (including phenoxy) is 3. The van der Waals surface area contributed by atoms with Crippen molar-refractivity contribution in [2.45, 2.75) is 0 Å². The van der Waals surface area contributed by atoms with Gasteiger partial charge < -0.3 is 19.5 Å². The minimum absolute atomic E-state index is 0.0236. The van der Waals surface area contributed by atoms with Gasteiger partial charge >= 0.3 is 17.9 Å². The third-order valence-corrected chi connectivity index (χ3v) is 3.55. The van der Waals surface area contributed by atoms with Crippen molar-refractivity contribution in [3.05, 3.63) is 64.7 Å². The standard InChI is InChI=1S/C19H15F2NO7/c1-27-17(24)11-5-12(18(25)28-2)7-13(6-11)22-16(23)9-29-19(26)10-3-4-14(20)15(21)8-10/h3-8H,9H2,1-2H3,(H,22,23). The summed E-state index contributed by atoms with van der Waals surface area (Å²) < 4.78 is 39.9. The van der Waals surface area contributed by atoms with E-state index in [-0.39, 0.29) is 22.4 Å². The van der Waals surface area contributed by atoms with Crippen LogP contribution >= 0.6 is 0 Å². The smallest absolute Gasteiger partial charge is 0.338 e. The maximum Gasteiger partial charge on any atom is 0.338 e. The van der Waals surface area contributed by atoms with E-state index in [1.807, 2.05) is 0 Å². The van der Waals surface area contributed by atoms with Crippen molar-refractivity contribution in [3.63, 3.8) is 0 Å². The molecule has 0 heterocycles. The van der Waals surface area contributed by atoms with Gasteiger partial charge in [0.1, 0.15) is 0 Å². The predicted molar refractivity (Wildman–Crippen MR) is 94.4 cm³/mol. The number of carbonyl (C=O) groups is 4. The number of anilines is 1. The van der Waals surface area contributed by atoms with Crippen molar-refractivity contribution in [1.29, 1.82) is 0 Å². The van der Waals surface area contributed by atoms with Gasteiger partial charge in [0.05, 0.1) is 30.9 Å². The third-order valence-electron chi connectivity index (χ3n) is 3.55. The summed E-state index contributed by atoms with van der Waals surface area (Å²) in [4.78, 5) is 47.3. The zero-order chi connectivity index (χ0) is 21.6. The molecule has 1 N–H and O–H groups in total. The van der Waals surface area contributed by atoms with Crippen LogP contribution < -0.4 is 5.32 Å². The van der Waals surface area contributed by atoms with E-state index in [0.29, 0.717) is 6.07 Å². The molecular weight excluding hydrogens is 392 g/mol. The molecule has 29 heavy (non-hydrogen) atoms. The highest BCUT2D eigenvalue weighted by Crippen LogP contribution is 2.17. The number of carbonyl (C=O) groups excluding carboxylic acids is 4. The summed E-state index contributed by atoms with van der Waals surface area (Å²) in [5.41, 5.74) is -0.284. The third kappa shape index (κ3) is 5.58. The van der Waals surface area contributed by atoms with Crippen LogP contribution in [0.25, 0.3) is 0 Å². The Morgan fingerprint density at radius 1 is 0.793 bits per heavy atom. The average Bonchev–Trinajstić information content (AvgIpc) is 2.72. The number of methoxy groups -OCH3 is 2. The average molecular weight is 407 g/mol. The van der Waals surface area contributed by atoms with Crippen LogP contribution in [0.2, 0.25) is 0 Å². The topological polar surface area (TPSA) is 108 Å². The molecule has 8 nitrogen and oxygen atoms in total. The van der Waals surface area contributed by atoms with Crippen LogP contribution in [0, 0.1) is 11.6 Å². The van der Waals surface area contributed by atoms with Gasteiger partial charge in [-0.15, -0.1) is 0 Å². The number of halogens is 2. The molecular formula is C19H15F2NO7. The van der Waals surface area contributed by atoms with Crippen molar-refractivity contribution in [2.24, 2.45) is 0 Å². The Balaban J connectivity index is 2.09. The Labute approximate surface area is 163 Å². The minimum Gasteiger partial charge on any atom is -0.465 e. The predicted octanol–water partition coefficient (Wildman–Crippen LogP) is 2.33. The van der Waals surface area contributed by atoms with Gasteiger partial charge in [0.15, 0.2) is 18.2 Å². The molecule has 152 valence electrons. The van der Waals surface area contributed by atoms with E-state index in [1.165, 1.54) is 18.2 Å². The number of nitrogens with one attached hydrogen (secondary N) is 1. The van der Waals surface area contributed by atoms with E-state index < -0.39 is 42.1 Å². The second kappa shape index (κ2) is 9.40. The second-order valence-electron chi connectivity index (χ2n) is 5.54. The molecule has 0 aromatic heterocycles. The summed E-state index contributed by atoms with van der Waals surface area (Å²) in [6.07, 6.45) is 0. The molecule has 10 heteroatoms. The van der Waals surface area contributed by atoms with Crippen LogP contribution in [0.3, 0.4) is 0 Å². The summed E-state index contributed by atoms with van der Waals surface area (Å²) >= 11 is 0. The lowest BCUT2D eigenvalue weighted by Crippen LogP contribution is -2.21. The summed E-state index contributed by atoms with van der Waals surface area (Å²) in [5.74, 6) is -5.73. The number of benzene rings is 2. The maximum atomic E-state index is 13.2. The molecule has 0 radical (unpaired) electrons. The normalized spacial score (nSPS) is 10.1. The molecule has 0 saturated heterocycles. The molecule has 2 aromatic rings. The Hall–Kier alpha value is -3.82. The van der Waals surface area contributed by atoms with Crippen LogP contribution in [0.5, 0.6) is 0 Å². The maximum absolute atomic E-state index is 13.2. The fourth-order valence-corrected chi connectivity index (χ4v) is 2.21. The highest BCUT2D eigenvalue weighted by molar-refractivity contribution is 6.00. The summed E-state index contributed by atoms with van der Waals surface area (Å²) in [6, 6.07) is 6.09. The van der Waals surface area contributed by atoms with E-state index >= 15 is 0 Å². The number of hydrogen-bond donors (Lipinski definition) is 1.